The number of ketones is 1. The van der Waals surface area contributed by atoms with Crippen molar-refractivity contribution in [1.29, 1.82) is 0 Å². The Labute approximate surface area is 186 Å². The SMILES string of the molecule is Nc1[nH]nc2ncc(-c3cn(CC(=O)C[C@H]4Cc5cccc(C(=O)O)c5OB4O)nn3)cc12. The average Bonchev–Trinajstić information content (AvgIpc) is 3.40. The smallest absolute Gasteiger partial charge is 0.526 e. The molecule has 0 fully saturated rings. The van der Waals surface area contributed by atoms with Crippen molar-refractivity contribution in [1.82, 2.24) is 30.2 Å². The van der Waals surface area contributed by atoms with Crippen molar-refractivity contribution in [3.63, 3.8) is 0 Å². The van der Waals surface area contributed by atoms with Gasteiger partial charge in [0.25, 0.3) is 0 Å². The van der Waals surface area contributed by atoms with Crippen LogP contribution in [0, 0.1) is 0 Å². The van der Waals surface area contributed by atoms with E-state index in [0.717, 1.165) is 0 Å². The highest BCUT2D eigenvalue weighted by molar-refractivity contribution is 6.47. The molecule has 0 unspecified atom stereocenters. The lowest BCUT2D eigenvalue weighted by molar-refractivity contribution is -0.120. The zero-order valence-electron chi connectivity index (χ0n) is 17.2. The van der Waals surface area contributed by atoms with Crippen molar-refractivity contribution in [2.24, 2.45) is 0 Å². The summed E-state index contributed by atoms with van der Waals surface area (Å²) in [4.78, 5) is 28.2. The molecule has 0 saturated heterocycles. The number of para-hydroxylation sites is 1. The molecule has 4 heterocycles. The molecule has 1 atom stereocenters. The summed E-state index contributed by atoms with van der Waals surface area (Å²) in [5.74, 6) is -1.28. The highest BCUT2D eigenvalue weighted by Gasteiger charge is 2.37. The standard InChI is InChI=1S/C20H18BN7O5/c22-18-15-5-11(7-23-19(15)26-25-18)16-9-28(27-24-16)8-13(29)6-12-4-10-2-1-3-14(20(30)31)17(10)33-21(12)32/h1-3,5,7,9,12,32H,4,6,8H2,(H,30,31)(H3,22,23,25,26)/t12-/m1/s1. The summed E-state index contributed by atoms with van der Waals surface area (Å²) in [7, 11) is -1.29. The van der Waals surface area contributed by atoms with Crippen molar-refractivity contribution >= 4 is 35.7 Å². The second-order valence-electron chi connectivity index (χ2n) is 7.85. The van der Waals surface area contributed by atoms with Crippen LogP contribution in [0.25, 0.3) is 22.3 Å². The number of rotatable bonds is 6. The molecular weight excluding hydrogens is 429 g/mol. The number of anilines is 1. The number of carboxylic acids is 1. The number of benzene rings is 1. The number of nitrogens with zero attached hydrogens (tertiary/aromatic N) is 5. The number of carbonyl (C=O) groups is 2. The van der Waals surface area contributed by atoms with E-state index >= 15 is 0 Å². The quantitative estimate of drug-likeness (QED) is 0.310. The molecule has 3 aromatic heterocycles. The van der Waals surface area contributed by atoms with Gasteiger partial charge in [-0.05, 0) is 24.1 Å². The lowest BCUT2D eigenvalue weighted by Gasteiger charge is -2.27. The van der Waals surface area contributed by atoms with Crippen LogP contribution in [-0.4, -0.2) is 59.2 Å². The van der Waals surface area contributed by atoms with Gasteiger partial charge in [-0.3, -0.25) is 9.89 Å². The molecule has 0 spiro atoms. The maximum Gasteiger partial charge on any atom is 0.526 e. The second-order valence-corrected chi connectivity index (χ2v) is 7.85. The van der Waals surface area contributed by atoms with E-state index in [9.17, 15) is 19.7 Å². The fourth-order valence-corrected chi connectivity index (χ4v) is 3.93. The third-order valence-corrected chi connectivity index (χ3v) is 5.55. The van der Waals surface area contributed by atoms with Gasteiger partial charge in [-0.15, -0.1) is 5.10 Å². The Morgan fingerprint density at radius 3 is 3.03 bits per heavy atom. The van der Waals surface area contributed by atoms with Crippen LogP contribution < -0.4 is 10.4 Å². The highest BCUT2D eigenvalue weighted by Crippen LogP contribution is 2.36. The summed E-state index contributed by atoms with van der Waals surface area (Å²) in [5.41, 5.74) is 8.16. The van der Waals surface area contributed by atoms with Gasteiger partial charge in [0.15, 0.2) is 11.4 Å². The number of aromatic nitrogens is 6. The molecule has 1 aliphatic rings. The molecule has 166 valence electrons. The number of nitrogens with two attached hydrogens (primary N) is 1. The molecule has 4 aromatic rings. The summed E-state index contributed by atoms with van der Waals surface area (Å²) in [5, 5.41) is 35.1. The lowest BCUT2D eigenvalue weighted by Crippen LogP contribution is -2.36. The van der Waals surface area contributed by atoms with Crippen molar-refractivity contribution in [3.8, 4) is 17.0 Å². The minimum Gasteiger partial charge on any atom is -0.535 e. The Hall–Kier alpha value is -4.26. The van der Waals surface area contributed by atoms with E-state index in [-0.39, 0.29) is 30.1 Å². The van der Waals surface area contributed by atoms with E-state index in [4.69, 9.17) is 10.4 Å². The first kappa shape index (κ1) is 20.6. The summed E-state index contributed by atoms with van der Waals surface area (Å²) in [6.45, 7) is -0.0399. The fraction of sp³-hybridized carbons (Fsp3) is 0.200. The van der Waals surface area contributed by atoms with Gasteiger partial charge in [0.05, 0.1) is 17.1 Å². The normalized spacial score (nSPS) is 15.3. The third-order valence-electron chi connectivity index (χ3n) is 5.55. The Morgan fingerprint density at radius 2 is 2.21 bits per heavy atom. The highest BCUT2D eigenvalue weighted by atomic mass is 16.5. The van der Waals surface area contributed by atoms with Crippen LogP contribution in [0.4, 0.5) is 5.82 Å². The van der Waals surface area contributed by atoms with Gasteiger partial charge in [-0.1, -0.05) is 17.3 Å². The van der Waals surface area contributed by atoms with E-state index in [1.807, 2.05) is 0 Å². The molecule has 33 heavy (non-hydrogen) atoms. The van der Waals surface area contributed by atoms with Crippen molar-refractivity contribution in [2.75, 3.05) is 5.73 Å². The van der Waals surface area contributed by atoms with Gasteiger partial charge in [-0.25, -0.2) is 14.5 Å². The fourth-order valence-electron chi connectivity index (χ4n) is 3.93. The van der Waals surface area contributed by atoms with Crippen LogP contribution in [0.2, 0.25) is 5.82 Å². The first-order valence-electron chi connectivity index (χ1n) is 10.1. The van der Waals surface area contributed by atoms with Gasteiger partial charge >= 0.3 is 13.1 Å². The van der Waals surface area contributed by atoms with Crippen molar-refractivity contribution in [2.45, 2.75) is 25.2 Å². The number of nitrogen functional groups attached to an aromatic ring is 1. The summed E-state index contributed by atoms with van der Waals surface area (Å²) in [6, 6.07) is 6.54. The molecule has 0 amide bonds. The maximum atomic E-state index is 12.7. The largest absolute Gasteiger partial charge is 0.535 e. The van der Waals surface area contributed by atoms with Gasteiger partial charge in [-0.2, -0.15) is 5.10 Å². The predicted molar refractivity (Wildman–Crippen MR) is 116 cm³/mol. The van der Waals surface area contributed by atoms with E-state index < -0.39 is 18.9 Å². The minimum absolute atomic E-state index is 0.0173. The van der Waals surface area contributed by atoms with Gasteiger partial charge in [0.1, 0.15) is 23.8 Å². The van der Waals surface area contributed by atoms with Gasteiger partial charge in [0.2, 0.25) is 0 Å². The Balaban J connectivity index is 1.27. The second kappa shape index (κ2) is 8.02. The first-order valence-corrected chi connectivity index (χ1v) is 10.1. The Morgan fingerprint density at radius 1 is 1.36 bits per heavy atom. The summed E-state index contributed by atoms with van der Waals surface area (Å²) in [6.07, 6.45) is 3.58. The molecule has 0 saturated carbocycles. The Kier molecular flexibility index (Phi) is 5.02. The van der Waals surface area contributed by atoms with Crippen LogP contribution in [0.3, 0.4) is 0 Å². The average molecular weight is 447 g/mol. The molecular formula is C20H18BN7O5. The number of fused-ring (bicyclic) bond motifs is 2. The number of hydrogen-bond acceptors (Lipinski definition) is 9. The Bertz CT molecular complexity index is 1380. The van der Waals surface area contributed by atoms with Crippen LogP contribution >= 0.6 is 0 Å². The predicted octanol–water partition coefficient (Wildman–Crippen LogP) is 0.942. The molecule has 13 heteroatoms. The lowest BCUT2D eigenvalue weighted by atomic mass is 9.64. The number of carbonyl (C=O) groups excluding carboxylic acids is 1. The molecule has 5 N–H and O–H groups in total. The monoisotopic (exact) mass is 447 g/mol. The molecule has 1 aromatic carbocycles. The third kappa shape index (κ3) is 3.89. The number of aromatic carboxylic acids is 1. The van der Waals surface area contributed by atoms with Gasteiger partial charge in [0, 0.05) is 24.0 Å². The number of pyridine rings is 1. The van der Waals surface area contributed by atoms with Gasteiger partial charge < -0.3 is 20.5 Å². The van der Waals surface area contributed by atoms with E-state index in [1.165, 1.54) is 10.7 Å². The molecule has 12 nitrogen and oxygen atoms in total. The number of nitrogens with one attached hydrogen (secondary N) is 1. The molecule has 5 rings (SSSR count). The first-order chi connectivity index (χ1) is 15.9. The molecule has 0 aliphatic carbocycles. The van der Waals surface area contributed by atoms with E-state index in [1.54, 1.807) is 30.6 Å². The summed E-state index contributed by atoms with van der Waals surface area (Å²) >= 11 is 0. The van der Waals surface area contributed by atoms with Crippen LogP contribution in [-0.2, 0) is 17.8 Å². The number of hydrogen-bond donors (Lipinski definition) is 4. The number of aromatic amines is 1. The topological polar surface area (TPSA) is 182 Å². The van der Waals surface area contributed by atoms with Crippen molar-refractivity contribution < 1.29 is 24.4 Å². The number of Topliss-reactive ketones (excluding diaryl/α,β-unsaturated/α-hetero) is 1. The van der Waals surface area contributed by atoms with E-state index in [0.29, 0.717) is 40.1 Å². The number of H-pyrrole nitrogens is 1. The zero-order chi connectivity index (χ0) is 23.1. The molecule has 0 radical (unpaired) electrons. The van der Waals surface area contributed by atoms with Crippen molar-refractivity contribution in [3.05, 3.63) is 47.8 Å². The minimum atomic E-state index is -1.29. The van der Waals surface area contributed by atoms with Crippen LogP contribution in [0.15, 0.2) is 36.7 Å². The number of carboxylic acid groups (broad SMARTS) is 1. The van der Waals surface area contributed by atoms with Crippen LogP contribution in [0.5, 0.6) is 5.75 Å². The zero-order valence-corrected chi connectivity index (χ0v) is 17.2. The molecule has 0 bridgehead atoms. The van der Waals surface area contributed by atoms with E-state index in [2.05, 4.69) is 25.5 Å². The molecule has 1 aliphatic heterocycles. The summed E-state index contributed by atoms with van der Waals surface area (Å²) < 4.78 is 6.86. The van der Waals surface area contributed by atoms with Crippen LogP contribution in [0.1, 0.15) is 22.3 Å². The maximum absolute atomic E-state index is 12.7.